The van der Waals surface area contributed by atoms with Crippen LogP contribution in [0.15, 0.2) is 41.3 Å². The number of carbonyl (C=O) groups excluding carboxylic acids is 2. The lowest BCUT2D eigenvalue weighted by atomic mass is 10.1. The summed E-state index contributed by atoms with van der Waals surface area (Å²) in [4.78, 5) is 30.9. The average molecular weight is 477 g/mol. The summed E-state index contributed by atoms with van der Waals surface area (Å²) in [5.41, 5.74) is 2.66. The van der Waals surface area contributed by atoms with Crippen LogP contribution in [0.5, 0.6) is 0 Å². The smallest absolute Gasteiger partial charge is 0.261 e. The topological polar surface area (TPSA) is 104 Å². The van der Waals surface area contributed by atoms with Crippen molar-refractivity contribution in [2.24, 2.45) is 5.14 Å². The summed E-state index contributed by atoms with van der Waals surface area (Å²) < 4.78 is 23.4. The summed E-state index contributed by atoms with van der Waals surface area (Å²) in [5, 5.41) is 4.99. The monoisotopic (exact) mass is 476 g/mol. The van der Waals surface area contributed by atoms with Crippen LogP contribution in [-0.4, -0.2) is 69.3 Å². The Morgan fingerprint density at radius 1 is 0.969 bits per heavy atom. The summed E-state index contributed by atoms with van der Waals surface area (Å²) >= 11 is 5.97. The van der Waals surface area contributed by atoms with Crippen LogP contribution in [0.1, 0.15) is 32.7 Å². The molecule has 0 unspecified atom stereocenters. The minimum absolute atomic E-state index is 0.0234. The van der Waals surface area contributed by atoms with Gasteiger partial charge in [0.1, 0.15) is 4.90 Å². The molecule has 2 aromatic carbocycles. The Hall–Kier alpha value is -2.46. The Labute approximate surface area is 192 Å². The molecule has 2 heterocycles. The van der Waals surface area contributed by atoms with E-state index in [1.165, 1.54) is 17.3 Å². The van der Waals surface area contributed by atoms with Crippen LogP contribution in [0.3, 0.4) is 0 Å². The highest BCUT2D eigenvalue weighted by atomic mass is 35.5. The fourth-order valence-corrected chi connectivity index (χ4v) is 5.39. The maximum absolute atomic E-state index is 12.7. The highest BCUT2D eigenvalue weighted by molar-refractivity contribution is 7.89. The lowest BCUT2D eigenvalue weighted by Gasteiger charge is -2.37. The van der Waals surface area contributed by atoms with Gasteiger partial charge in [0.25, 0.3) is 11.8 Å². The van der Waals surface area contributed by atoms with Crippen LogP contribution in [0.4, 0.5) is 5.69 Å². The molecule has 8 nitrogen and oxygen atoms in total. The highest BCUT2D eigenvalue weighted by Crippen LogP contribution is 2.31. The van der Waals surface area contributed by atoms with Gasteiger partial charge >= 0.3 is 0 Å². The molecule has 2 aliphatic rings. The Bertz CT molecular complexity index is 1180. The van der Waals surface area contributed by atoms with E-state index in [0.29, 0.717) is 6.42 Å². The van der Waals surface area contributed by atoms with E-state index in [0.717, 1.165) is 43.7 Å². The number of sulfonamides is 1. The molecule has 4 rings (SSSR count). The van der Waals surface area contributed by atoms with Crippen molar-refractivity contribution in [3.05, 3.63) is 58.1 Å². The SMILES string of the molecule is Cc1ccccc1N1CCN(CCCN2C(=O)c3cc(Cl)c(S(N)(=O)=O)cc3C2=O)CC1. The lowest BCUT2D eigenvalue weighted by molar-refractivity contribution is 0.0647. The number of imide groups is 1. The van der Waals surface area contributed by atoms with Gasteiger partial charge in [-0.1, -0.05) is 29.8 Å². The van der Waals surface area contributed by atoms with E-state index in [-0.39, 0.29) is 27.6 Å². The van der Waals surface area contributed by atoms with Crippen molar-refractivity contribution < 1.29 is 18.0 Å². The van der Waals surface area contributed by atoms with Gasteiger partial charge in [-0.25, -0.2) is 13.6 Å². The number of nitrogens with two attached hydrogens (primary N) is 1. The van der Waals surface area contributed by atoms with E-state index in [1.54, 1.807) is 0 Å². The standard InChI is InChI=1S/C22H25ClN4O4S/c1-15-5-2-3-6-19(15)26-11-9-25(10-12-26)7-4-8-27-21(28)16-13-18(23)20(32(24,30)31)14-17(16)22(27)29/h2-3,5-6,13-14H,4,7-12H2,1H3,(H2,24,30,31). The number of piperazine rings is 1. The first-order valence-corrected chi connectivity index (χ1v) is 12.3. The molecule has 1 saturated heterocycles. The first kappa shape index (κ1) is 22.7. The number of rotatable bonds is 6. The van der Waals surface area contributed by atoms with Crippen molar-refractivity contribution in [3.63, 3.8) is 0 Å². The van der Waals surface area contributed by atoms with Gasteiger partial charge in [-0.3, -0.25) is 19.4 Å². The molecule has 0 spiro atoms. The van der Waals surface area contributed by atoms with E-state index in [2.05, 4.69) is 34.9 Å². The predicted molar refractivity (Wildman–Crippen MR) is 123 cm³/mol. The normalized spacial score (nSPS) is 17.2. The second-order valence-electron chi connectivity index (χ2n) is 8.10. The Balaban J connectivity index is 1.33. The summed E-state index contributed by atoms with van der Waals surface area (Å²) in [7, 11) is -4.10. The third-order valence-electron chi connectivity index (χ3n) is 6.01. The molecule has 2 amide bonds. The average Bonchev–Trinajstić information content (AvgIpc) is 2.97. The van der Waals surface area contributed by atoms with Crippen molar-refractivity contribution in [1.29, 1.82) is 0 Å². The summed E-state index contributed by atoms with van der Waals surface area (Å²) in [6.07, 6.45) is 0.631. The third kappa shape index (κ3) is 4.38. The van der Waals surface area contributed by atoms with E-state index < -0.39 is 21.8 Å². The zero-order valence-corrected chi connectivity index (χ0v) is 19.3. The molecule has 0 bridgehead atoms. The quantitative estimate of drug-likeness (QED) is 0.640. The molecule has 0 radical (unpaired) electrons. The first-order valence-electron chi connectivity index (χ1n) is 10.4. The molecule has 0 saturated carbocycles. The fourth-order valence-electron chi connectivity index (χ4n) is 4.29. The van der Waals surface area contributed by atoms with Crippen molar-refractivity contribution in [2.75, 3.05) is 44.2 Å². The van der Waals surface area contributed by atoms with Crippen LogP contribution in [0.2, 0.25) is 5.02 Å². The van der Waals surface area contributed by atoms with Gasteiger partial charge in [-0.15, -0.1) is 0 Å². The number of para-hydroxylation sites is 1. The van der Waals surface area contributed by atoms with Gasteiger partial charge in [0.05, 0.1) is 16.1 Å². The van der Waals surface area contributed by atoms with Crippen molar-refractivity contribution >= 4 is 39.1 Å². The van der Waals surface area contributed by atoms with Gasteiger partial charge in [0.2, 0.25) is 10.0 Å². The number of primary sulfonamides is 1. The largest absolute Gasteiger partial charge is 0.369 e. The maximum atomic E-state index is 12.7. The van der Waals surface area contributed by atoms with Crippen LogP contribution in [-0.2, 0) is 10.0 Å². The molecule has 32 heavy (non-hydrogen) atoms. The zero-order chi connectivity index (χ0) is 23.0. The molecule has 10 heteroatoms. The Kier molecular flexibility index (Phi) is 6.26. The number of hydrogen-bond donors (Lipinski definition) is 1. The molecule has 170 valence electrons. The Morgan fingerprint density at radius 2 is 1.59 bits per heavy atom. The zero-order valence-electron chi connectivity index (χ0n) is 17.8. The minimum atomic E-state index is -4.10. The molecule has 2 aromatic rings. The summed E-state index contributed by atoms with van der Waals surface area (Å²) in [6.45, 7) is 6.79. The molecular formula is C22H25ClN4O4S. The number of amides is 2. The highest BCUT2D eigenvalue weighted by Gasteiger charge is 2.37. The molecule has 1 fully saturated rings. The van der Waals surface area contributed by atoms with Crippen molar-refractivity contribution in [2.45, 2.75) is 18.2 Å². The van der Waals surface area contributed by atoms with Crippen LogP contribution >= 0.6 is 11.6 Å². The number of anilines is 1. The van der Waals surface area contributed by atoms with Gasteiger partial charge in [-0.2, -0.15) is 0 Å². The van der Waals surface area contributed by atoms with Crippen molar-refractivity contribution in [3.8, 4) is 0 Å². The van der Waals surface area contributed by atoms with E-state index in [4.69, 9.17) is 16.7 Å². The van der Waals surface area contributed by atoms with Gasteiger partial charge < -0.3 is 4.90 Å². The second kappa shape index (κ2) is 8.82. The predicted octanol–water partition coefficient (Wildman–Crippen LogP) is 2.10. The third-order valence-corrected chi connectivity index (χ3v) is 7.39. The fraction of sp³-hybridized carbons (Fsp3) is 0.364. The molecule has 2 N–H and O–H groups in total. The maximum Gasteiger partial charge on any atom is 0.261 e. The van der Waals surface area contributed by atoms with Crippen molar-refractivity contribution in [1.82, 2.24) is 9.80 Å². The molecule has 0 aliphatic carbocycles. The number of hydrogen-bond acceptors (Lipinski definition) is 6. The number of aryl methyl sites for hydroxylation is 1. The number of benzene rings is 2. The van der Waals surface area contributed by atoms with Gasteiger partial charge in [0.15, 0.2) is 0 Å². The van der Waals surface area contributed by atoms with E-state index in [9.17, 15) is 18.0 Å². The molecule has 0 atom stereocenters. The van der Waals surface area contributed by atoms with Crippen LogP contribution in [0, 0.1) is 6.92 Å². The second-order valence-corrected chi connectivity index (χ2v) is 10.0. The number of fused-ring (bicyclic) bond motifs is 1. The van der Waals surface area contributed by atoms with Gasteiger partial charge in [-0.05, 0) is 43.7 Å². The van der Waals surface area contributed by atoms with Gasteiger partial charge in [0, 0.05) is 38.4 Å². The van der Waals surface area contributed by atoms with E-state index >= 15 is 0 Å². The summed E-state index contributed by atoms with van der Waals surface area (Å²) in [5.74, 6) is -0.979. The summed E-state index contributed by atoms with van der Waals surface area (Å²) in [6, 6.07) is 10.7. The number of nitrogens with zero attached hydrogens (tertiary/aromatic N) is 3. The van der Waals surface area contributed by atoms with Crippen LogP contribution < -0.4 is 10.0 Å². The lowest BCUT2D eigenvalue weighted by Crippen LogP contribution is -2.47. The molecular weight excluding hydrogens is 452 g/mol. The van der Waals surface area contributed by atoms with Crippen LogP contribution in [0.25, 0.3) is 0 Å². The first-order chi connectivity index (χ1) is 15.2. The number of halogens is 1. The molecule has 2 aliphatic heterocycles. The van der Waals surface area contributed by atoms with E-state index in [1.807, 2.05) is 6.07 Å². The minimum Gasteiger partial charge on any atom is -0.369 e. The number of carbonyl (C=O) groups is 2. The molecule has 0 aromatic heterocycles. The Morgan fingerprint density at radius 3 is 2.22 bits per heavy atom.